The van der Waals surface area contributed by atoms with Gasteiger partial charge in [-0.2, -0.15) is 0 Å². The minimum absolute atomic E-state index is 0.705. The van der Waals surface area contributed by atoms with Crippen LogP contribution in [0, 0.1) is 0 Å². The first kappa shape index (κ1) is 8.02. The molecule has 0 aromatic carbocycles. The van der Waals surface area contributed by atoms with Gasteiger partial charge in [0.1, 0.15) is 0 Å². The standard InChI is InChI=1S/C8H18N2/c1-3-4-6-10-7-5-8(2)9-10/h8-9H,3-7H2,1-2H3. The van der Waals surface area contributed by atoms with Crippen LogP contribution in [-0.2, 0) is 0 Å². The van der Waals surface area contributed by atoms with Gasteiger partial charge in [-0.3, -0.25) is 5.43 Å². The molecule has 2 nitrogen and oxygen atoms in total. The van der Waals surface area contributed by atoms with Crippen LogP contribution in [0.1, 0.15) is 33.1 Å². The second-order valence-corrected chi connectivity index (χ2v) is 3.16. The number of unbranched alkanes of at least 4 members (excludes halogenated alkanes) is 1. The number of hydrogen-bond acceptors (Lipinski definition) is 2. The minimum atomic E-state index is 0.705. The maximum Gasteiger partial charge on any atom is 0.0199 e. The molecular weight excluding hydrogens is 124 g/mol. The van der Waals surface area contributed by atoms with E-state index in [0.29, 0.717) is 6.04 Å². The Morgan fingerprint density at radius 2 is 2.40 bits per heavy atom. The van der Waals surface area contributed by atoms with E-state index in [1.54, 1.807) is 0 Å². The molecule has 0 spiro atoms. The van der Waals surface area contributed by atoms with Crippen molar-refractivity contribution in [3.63, 3.8) is 0 Å². The van der Waals surface area contributed by atoms with Crippen LogP contribution >= 0.6 is 0 Å². The molecule has 0 aliphatic carbocycles. The van der Waals surface area contributed by atoms with E-state index in [2.05, 4.69) is 24.3 Å². The number of rotatable bonds is 3. The topological polar surface area (TPSA) is 15.3 Å². The molecule has 0 saturated carbocycles. The summed E-state index contributed by atoms with van der Waals surface area (Å²) in [6.45, 7) is 6.94. The van der Waals surface area contributed by atoms with Crippen LogP contribution in [0.15, 0.2) is 0 Å². The summed E-state index contributed by atoms with van der Waals surface area (Å²) < 4.78 is 0. The normalized spacial score (nSPS) is 27.6. The molecule has 1 heterocycles. The third kappa shape index (κ3) is 2.27. The van der Waals surface area contributed by atoms with E-state index in [0.717, 1.165) is 0 Å². The third-order valence-electron chi connectivity index (χ3n) is 2.02. The van der Waals surface area contributed by atoms with Crippen LogP contribution in [0.5, 0.6) is 0 Å². The Balaban J connectivity index is 2.06. The molecule has 0 aromatic rings. The molecule has 1 aliphatic heterocycles. The largest absolute Gasteiger partial charge is 0.252 e. The van der Waals surface area contributed by atoms with Gasteiger partial charge in [0.2, 0.25) is 0 Å². The van der Waals surface area contributed by atoms with E-state index >= 15 is 0 Å². The zero-order chi connectivity index (χ0) is 7.40. The Morgan fingerprint density at radius 3 is 2.90 bits per heavy atom. The zero-order valence-electron chi connectivity index (χ0n) is 7.06. The fourth-order valence-electron chi connectivity index (χ4n) is 1.32. The van der Waals surface area contributed by atoms with Gasteiger partial charge in [-0.25, -0.2) is 5.01 Å². The lowest BCUT2D eigenvalue weighted by atomic mass is 10.3. The van der Waals surface area contributed by atoms with Gasteiger partial charge in [0, 0.05) is 19.1 Å². The molecule has 0 aromatic heterocycles. The molecule has 10 heavy (non-hydrogen) atoms. The summed E-state index contributed by atoms with van der Waals surface area (Å²) in [6, 6.07) is 0.705. The summed E-state index contributed by atoms with van der Waals surface area (Å²) in [5.74, 6) is 0. The summed E-state index contributed by atoms with van der Waals surface area (Å²) in [7, 11) is 0. The van der Waals surface area contributed by atoms with Gasteiger partial charge in [0.25, 0.3) is 0 Å². The Labute approximate surface area is 63.6 Å². The van der Waals surface area contributed by atoms with E-state index in [4.69, 9.17) is 0 Å². The van der Waals surface area contributed by atoms with Crippen LogP contribution in [0.3, 0.4) is 0 Å². The molecule has 1 aliphatic rings. The zero-order valence-corrected chi connectivity index (χ0v) is 7.06. The predicted molar refractivity (Wildman–Crippen MR) is 43.7 cm³/mol. The van der Waals surface area contributed by atoms with Gasteiger partial charge in [-0.05, 0) is 19.8 Å². The molecule has 1 atom stereocenters. The second kappa shape index (κ2) is 3.94. The number of nitrogens with one attached hydrogen (secondary N) is 1. The van der Waals surface area contributed by atoms with Crippen LogP contribution in [0.4, 0.5) is 0 Å². The number of hydrogen-bond donors (Lipinski definition) is 1. The first-order chi connectivity index (χ1) is 4.83. The average Bonchev–Trinajstić information content (AvgIpc) is 2.31. The van der Waals surface area contributed by atoms with E-state index in [-0.39, 0.29) is 0 Å². The summed E-state index contributed by atoms with van der Waals surface area (Å²) in [6.07, 6.45) is 3.93. The van der Waals surface area contributed by atoms with Gasteiger partial charge >= 0.3 is 0 Å². The highest BCUT2D eigenvalue weighted by Gasteiger charge is 2.15. The quantitative estimate of drug-likeness (QED) is 0.640. The number of hydrazine groups is 1. The lowest BCUT2D eigenvalue weighted by Crippen LogP contribution is -2.34. The molecule has 2 heteroatoms. The molecule has 60 valence electrons. The van der Waals surface area contributed by atoms with Gasteiger partial charge in [0.15, 0.2) is 0 Å². The van der Waals surface area contributed by atoms with Gasteiger partial charge in [-0.1, -0.05) is 13.3 Å². The molecule has 1 unspecified atom stereocenters. The van der Waals surface area contributed by atoms with Crippen molar-refractivity contribution in [2.75, 3.05) is 13.1 Å². The summed E-state index contributed by atoms with van der Waals surface area (Å²) in [5.41, 5.74) is 3.42. The molecule has 1 saturated heterocycles. The van der Waals surface area contributed by atoms with Crippen molar-refractivity contribution in [2.45, 2.75) is 39.2 Å². The van der Waals surface area contributed by atoms with Crippen LogP contribution in [0.2, 0.25) is 0 Å². The highest BCUT2D eigenvalue weighted by molar-refractivity contribution is 4.69. The van der Waals surface area contributed by atoms with Crippen LogP contribution in [0.25, 0.3) is 0 Å². The molecule has 0 radical (unpaired) electrons. The van der Waals surface area contributed by atoms with Gasteiger partial charge < -0.3 is 0 Å². The number of nitrogens with zero attached hydrogens (tertiary/aromatic N) is 1. The third-order valence-corrected chi connectivity index (χ3v) is 2.02. The summed E-state index contributed by atoms with van der Waals surface area (Å²) in [4.78, 5) is 0. The molecule has 0 bridgehead atoms. The van der Waals surface area contributed by atoms with Gasteiger partial charge in [0.05, 0.1) is 0 Å². The fourth-order valence-corrected chi connectivity index (χ4v) is 1.32. The van der Waals surface area contributed by atoms with Crippen molar-refractivity contribution in [1.29, 1.82) is 0 Å². The van der Waals surface area contributed by atoms with E-state index in [9.17, 15) is 0 Å². The van der Waals surface area contributed by atoms with E-state index in [1.165, 1.54) is 32.4 Å². The van der Waals surface area contributed by atoms with Gasteiger partial charge in [-0.15, -0.1) is 0 Å². The Kier molecular flexibility index (Phi) is 3.16. The summed E-state index contributed by atoms with van der Waals surface area (Å²) in [5, 5.41) is 2.34. The van der Waals surface area contributed by atoms with Crippen molar-refractivity contribution in [1.82, 2.24) is 10.4 Å². The molecular formula is C8H18N2. The maximum absolute atomic E-state index is 3.42. The molecule has 1 N–H and O–H groups in total. The van der Waals surface area contributed by atoms with E-state index in [1.807, 2.05) is 0 Å². The monoisotopic (exact) mass is 142 g/mol. The van der Waals surface area contributed by atoms with Crippen molar-refractivity contribution >= 4 is 0 Å². The molecule has 1 rings (SSSR count). The SMILES string of the molecule is CCCCN1CCC(C)N1. The first-order valence-electron chi connectivity index (χ1n) is 4.34. The Bertz CT molecular complexity index is 93.3. The summed E-state index contributed by atoms with van der Waals surface area (Å²) >= 11 is 0. The van der Waals surface area contributed by atoms with Crippen LogP contribution in [-0.4, -0.2) is 24.1 Å². The fraction of sp³-hybridized carbons (Fsp3) is 1.00. The van der Waals surface area contributed by atoms with Crippen molar-refractivity contribution < 1.29 is 0 Å². The second-order valence-electron chi connectivity index (χ2n) is 3.16. The predicted octanol–water partition coefficient (Wildman–Crippen LogP) is 1.39. The lowest BCUT2D eigenvalue weighted by molar-refractivity contribution is 0.235. The highest BCUT2D eigenvalue weighted by atomic mass is 15.5. The van der Waals surface area contributed by atoms with Crippen molar-refractivity contribution in [2.24, 2.45) is 0 Å². The Hall–Kier alpha value is -0.0800. The minimum Gasteiger partial charge on any atom is -0.252 e. The highest BCUT2D eigenvalue weighted by Crippen LogP contribution is 2.04. The average molecular weight is 142 g/mol. The van der Waals surface area contributed by atoms with E-state index < -0.39 is 0 Å². The van der Waals surface area contributed by atoms with Crippen molar-refractivity contribution in [3.8, 4) is 0 Å². The molecule has 0 amide bonds. The smallest absolute Gasteiger partial charge is 0.0199 e. The van der Waals surface area contributed by atoms with Crippen LogP contribution < -0.4 is 5.43 Å². The van der Waals surface area contributed by atoms with Crippen molar-refractivity contribution in [3.05, 3.63) is 0 Å². The first-order valence-corrected chi connectivity index (χ1v) is 4.34. The molecule has 1 fully saturated rings. The lowest BCUT2D eigenvalue weighted by Gasteiger charge is -2.15. The maximum atomic E-state index is 3.42. The Morgan fingerprint density at radius 1 is 1.60 bits per heavy atom.